The molecular weight excluding hydrogens is 374 g/mol. The fourth-order valence-electron chi connectivity index (χ4n) is 3.67. The van der Waals surface area contributed by atoms with E-state index in [0.717, 1.165) is 27.5 Å². The Labute approximate surface area is 164 Å². The van der Waals surface area contributed by atoms with Crippen molar-refractivity contribution in [3.05, 3.63) is 77.4 Å². The predicted molar refractivity (Wildman–Crippen MR) is 107 cm³/mol. The maximum Gasteiger partial charge on any atom is 0.306 e. The van der Waals surface area contributed by atoms with E-state index in [1.54, 1.807) is 31.2 Å². The lowest BCUT2D eigenvalue weighted by Gasteiger charge is -2.23. The number of rotatable bonds is 5. The van der Waals surface area contributed by atoms with Crippen molar-refractivity contribution >= 4 is 26.8 Å². The van der Waals surface area contributed by atoms with E-state index in [2.05, 4.69) is 4.72 Å². The Kier molecular flexibility index (Phi) is 4.69. The summed E-state index contributed by atoms with van der Waals surface area (Å²) in [6.45, 7) is 3.62. The van der Waals surface area contributed by atoms with E-state index in [1.165, 1.54) is 0 Å². The number of esters is 1. The summed E-state index contributed by atoms with van der Waals surface area (Å²) in [5.74, 6) is -0.366. The quantitative estimate of drug-likeness (QED) is 0.658. The molecule has 5 nitrogen and oxygen atoms in total. The van der Waals surface area contributed by atoms with Crippen LogP contribution in [-0.2, 0) is 19.6 Å². The number of hydrogen-bond donors (Lipinski definition) is 1. The molecule has 1 N–H and O–H groups in total. The molecule has 0 heterocycles. The second kappa shape index (κ2) is 7.04. The SMILES string of the molecule is CCC(=O)O[C@H]1c2cccc3cccc(c23)[C@H]1NS(=O)(=O)c1ccc(C)cc1. The third kappa shape index (κ3) is 3.19. The molecule has 28 heavy (non-hydrogen) atoms. The van der Waals surface area contributed by atoms with Gasteiger partial charge in [-0.3, -0.25) is 4.79 Å². The summed E-state index contributed by atoms with van der Waals surface area (Å²) >= 11 is 0. The highest BCUT2D eigenvalue weighted by molar-refractivity contribution is 7.89. The van der Waals surface area contributed by atoms with E-state index >= 15 is 0 Å². The van der Waals surface area contributed by atoms with Gasteiger partial charge in [-0.1, -0.05) is 61.0 Å². The second-order valence-electron chi connectivity index (χ2n) is 6.97. The molecule has 0 saturated carbocycles. The molecule has 0 saturated heterocycles. The first-order valence-corrected chi connectivity index (χ1v) is 10.7. The number of hydrogen-bond acceptors (Lipinski definition) is 4. The van der Waals surface area contributed by atoms with Gasteiger partial charge in [-0.15, -0.1) is 0 Å². The zero-order chi connectivity index (χ0) is 19.9. The van der Waals surface area contributed by atoms with E-state index in [4.69, 9.17) is 4.74 Å². The zero-order valence-electron chi connectivity index (χ0n) is 15.7. The van der Waals surface area contributed by atoms with Gasteiger partial charge in [-0.2, -0.15) is 4.72 Å². The molecule has 1 aliphatic carbocycles. The minimum absolute atomic E-state index is 0.182. The number of sulfonamides is 1. The Morgan fingerprint density at radius 2 is 1.64 bits per heavy atom. The Morgan fingerprint density at radius 1 is 1.00 bits per heavy atom. The Hall–Kier alpha value is -2.70. The van der Waals surface area contributed by atoms with Crippen LogP contribution in [0.5, 0.6) is 0 Å². The average molecular weight is 395 g/mol. The minimum Gasteiger partial charge on any atom is -0.455 e. The molecule has 0 fully saturated rings. The van der Waals surface area contributed by atoms with E-state index in [0.29, 0.717) is 0 Å². The standard InChI is InChI=1S/C22H21NO4S/c1-3-19(24)27-22-18-9-5-7-15-6-4-8-17(20(15)18)21(22)23-28(25,26)16-12-10-14(2)11-13-16/h4-13,21-23H,3H2,1-2H3/t21-,22+/m1/s1. The number of benzene rings is 3. The molecule has 0 radical (unpaired) electrons. The van der Waals surface area contributed by atoms with Gasteiger partial charge in [0.2, 0.25) is 10.0 Å². The van der Waals surface area contributed by atoms with Crippen molar-refractivity contribution in [2.45, 2.75) is 37.3 Å². The van der Waals surface area contributed by atoms with Gasteiger partial charge < -0.3 is 4.74 Å². The number of ether oxygens (including phenoxy) is 1. The van der Waals surface area contributed by atoms with Crippen molar-refractivity contribution in [2.24, 2.45) is 0 Å². The minimum atomic E-state index is -3.79. The summed E-state index contributed by atoms with van der Waals surface area (Å²) in [4.78, 5) is 12.2. The number of nitrogens with one attached hydrogen (secondary N) is 1. The van der Waals surface area contributed by atoms with Crippen molar-refractivity contribution in [1.29, 1.82) is 0 Å². The fourth-order valence-corrected chi connectivity index (χ4v) is 4.89. The van der Waals surface area contributed by atoms with Crippen LogP contribution in [0.1, 0.15) is 42.2 Å². The first-order chi connectivity index (χ1) is 13.4. The third-order valence-corrected chi connectivity index (χ3v) is 6.53. The lowest BCUT2D eigenvalue weighted by atomic mass is 10.1. The monoisotopic (exact) mass is 395 g/mol. The van der Waals surface area contributed by atoms with Crippen LogP contribution in [0.15, 0.2) is 65.6 Å². The summed E-state index contributed by atoms with van der Waals surface area (Å²) in [6.07, 6.45) is -0.478. The summed E-state index contributed by atoms with van der Waals surface area (Å²) < 4.78 is 34.5. The molecule has 6 heteroatoms. The number of carbonyl (C=O) groups excluding carboxylic acids is 1. The molecule has 0 unspecified atom stereocenters. The molecule has 2 atom stereocenters. The van der Waals surface area contributed by atoms with Crippen LogP contribution in [0.25, 0.3) is 10.8 Å². The third-order valence-electron chi connectivity index (χ3n) is 5.07. The number of aryl methyl sites for hydroxylation is 1. The summed E-state index contributed by atoms with van der Waals surface area (Å²) in [6, 6.07) is 17.5. The van der Waals surface area contributed by atoms with Crippen molar-refractivity contribution in [2.75, 3.05) is 0 Å². The molecule has 0 amide bonds. The lowest BCUT2D eigenvalue weighted by molar-refractivity contribution is -0.150. The van der Waals surface area contributed by atoms with Crippen molar-refractivity contribution < 1.29 is 17.9 Å². The van der Waals surface area contributed by atoms with Gasteiger partial charge in [0.1, 0.15) is 6.10 Å². The Bertz CT molecular complexity index is 1150. The van der Waals surface area contributed by atoms with E-state index in [9.17, 15) is 13.2 Å². The van der Waals surface area contributed by atoms with Gasteiger partial charge in [-0.25, -0.2) is 8.42 Å². The van der Waals surface area contributed by atoms with E-state index in [1.807, 2.05) is 43.3 Å². The van der Waals surface area contributed by atoms with Crippen molar-refractivity contribution in [1.82, 2.24) is 4.72 Å². The first kappa shape index (κ1) is 18.7. The highest BCUT2D eigenvalue weighted by Gasteiger charge is 2.39. The van der Waals surface area contributed by atoms with Gasteiger partial charge in [0, 0.05) is 12.0 Å². The van der Waals surface area contributed by atoms with E-state index < -0.39 is 22.2 Å². The van der Waals surface area contributed by atoms with Crippen LogP contribution in [0.2, 0.25) is 0 Å². The molecule has 0 spiro atoms. The highest BCUT2D eigenvalue weighted by atomic mass is 32.2. The van der Waals surface area contributed by atoms with Crippen molar-refractivity contribution in [3.63, 3.8) is 0 Å². The normalized spacial score (nSPS) is 18.4. The smallest absolute Gasteiger partial charge is 0.306 e. The van der Waals surface area contributed by atoms with Crippen LogP contribution in [0, 0.1) is 6.92 Å². The molecule has 4 rings (SSSR count). The van der Waals surface area contributed by atoms with Crippen molar-refractivity contribution in [3.8, 4) is 0 Å². The topological polar surface area (TPSA) is 72.5 Å². The maximum atomic E-state index is 13.0. The van der Waals surface area contributed by atoms with Crippen LogP contribution < -0.4 is 4.72 Å². The molecule has 0 bridgehead atoms. The maximum absolute atomic E-state index is 13.0. The van der Waals surface area contributed by atoms with Gasteiger partial charge in [0.15, 0.2) is 0 Å². The molecule has 3 aromatic rings. The molecule has 3 aromatic carbocycles. The van der Waals surface area contributed by atoms with Crippen LogP contribution >= 0.6 is 0 Å². The van der Waals surface area contributed by atoms with E-state index in [-0.39, 0.29) is 17.3 Å². The summed E-state index contributed by atoms with van der Waals surface area (Å²) in [5.41, 5.74) is 2.62. The molecule has 0 aromatic heterocycles. The highest BCUT2D eigenvalue weighted by Crippen LogP contribution is 2.46. The Balaban J connectivity index is 1.79. The second-order valence-corrected chi connectivity index (χ2v) is 8.68. The summed E-state index contributed by atoms with van der Waals surface area (Å²) in [5, 5.41) is 1.93. The molecular formula is C22H21NO4S. The average Bonchev–Trinajstić information content (AvgIpc) is 2.97. The molecule has 0 aliphatic heterocycles. The van der Waals surface area contributed by atoms with Gasteiger partial charge in [0.05, 0.1) is 10.9 Å². The summed E-state index contributed by atoms with van der Waals surface area (Å²) in [7, 11) is -3.79. The fraction of sp³-hybridized carbons (Fsp3) is 0.227. The van der Waals surface area contributed by atoms with Crippen LogP contribution in [0.3, 0.4) is 0 Å². The number of carbonyl (C=O) groups is 1. The van der Waals surface area contributed by atoms with Gasteiger partial charge in [-0.05, 0) is 35.4 Å². The zero-order valence-corrected chi connectivity index (χ0v) is 16.5. The predicted octanol–water partition coefficient (Wildman–Crippen LogP) is 4.18. The molecule has 1 aliphatic rings. The van der Waals surface area contributed by atoms with Gasteiger partial charge >= 0.3 is 5.97 Å². The largest absolute Gasteiger partial charge is 0.455 e. The van der Waals surface area contributed by atoms with Crippen LogP contribution in [-0.4, -0.2) is 14.4 Å². The molecule has 144 valence electrons. The Morgan fingerprint density at radius 3 is 2.29 bits per heavy atom. The van der Waals surface area contributed by atoms with Gasteiger partial charge in [0.25, 0.3) is 0 Å². The van der Waals surface area contributed by atoms with Crippen LogP contribution in [0.4, 0.5) is 0 Å². The lowest BCUT2D eigenvalue weighted by Crippen LogP contribution is -2.32. The first-order valence-electron chi connectivity index (χ1n) is 9.20.